The van der Waals surface area contributed by atoms with Crippen LogP contribution in [0.5, 0.6) is 11.5 Å². The number of ether oxygens (including phenoxy) is 3. The molecule has 1 aliphatic heterocycles. The molecule has 17 heavy (non-hydrogen) atoms. The van der Waals surface area contributed by atoms with Gasteiger partial charge in [0.25, 0.3) is 0 Å². The average molecular weight is 235 g/mol. The van der Waals surface area contributed by atoms with E-state index in [0.29, 0.717) is 13.4 Å². The normalized spacial score (nSPS) is 20.4. The van der Waals surface area contributed by atoms with Crippen molar-refractivity contribution in [3.05, 3.63) is 23.3 Å². The van der Waals surface area contributed by atoms with E-state index in [1.54, 1.807) is 7.11 Å². The van der Waals surface area contributed by atoms with E-state index in [1.165, 1.54) is 0 Å². The monoisotopic (exact) mass is 235 g/mol. The van der Waals surface area contributed by atoms with Crippen LogP contribution in [0.2, 0.25) is 0 Å². The molecule has 1 aliphatic carbocycles. The molecule has 3 rings (SSSR count). The Bertz CT molecular complexity index is 441. The Morgan fingerprint density at radius 3 is 2.94 bits per heavy atom. The highest BCUT2D eigenvalue weighted by Crippen LogP contribution is 2.41. The van der Waals surface area contributed by atoms with Crippen molar-refractivity contribution in [2.45, 2.75) is 31.4 Å². The van der Waals surface area contributed by atoms with Gasteiger partial charge in [-0.2, -0.15) is 0 Å². The van der Waals surface area contributed by atoms with Crippen LogP contribution in [-0.2, 0) is 17.8 Å². The zero-order valence-electron chi connectivity index (χ0n) is 9.99. The van der Waals surface area contributed by atoms with Crippen molar-refractivity contribution in [2.75, 3.05) is 13.9 Å². The van der Waals surface area contributed by atoms with E-state index in [-0.39, 0.29) is 5.54 Å². The predicted octanol–water partition coefficient (Wildman–Crippen LogP) is 1.60. The van der Waals surface area contributed by atoms with Crippen LogP contribution in [0.3, 0.4) is 0 Å². The first-order valence-electron chi connectivity index (χ1n) is 5.90. The highest BCUT2D eigenvalue weighted by Gasteiger charge is 2.39. The summed E-state index contributed by atoms with van der Waals surface area (Å²) in [7, 11) is 1.69. The maximum Gasteiger partial charge on any atom is 0.189 e. The molecule has 2 N–H and O–H groups in total. The lowest BCUT2D eigenvalue weighted by Crippen LogP contribution is -2.26. The SMILES string of the molecule is COc1ccc2c(c1CC1(N)CC1)COCO2. The van der Waals surface area contributed by atoms with Gasteiger partial charge in [0, 0.05) is 16.7 Å². The van der Waals surface area contributed by atoms with Crippen LogP contribution < -0.4 is 15.2 Å². The van der Waals surface area contributed by atoms with Gasteiger partial charge >= 0.3 is 0 Å². The summed E-state index contributed by atoms with van der Waals surface area (Å²) in [6, 6.07) is 3.89. The molecule has 4 heteroatoms. The van der Waals surface area contributed by atoms with E-state index >= 15 is 0 Å². The van der Waals surface area contributed by atoms with Crippen LogP contribution in [0, 0.1) is 0 Å². The molecule has 1 heterocycles. The Balaban J connectivity index is 2.01. The van der Waals surface area contributed by atoms with Gasteiger partial charge in [0.1, 0.15) is 11.5 Å². The maximum absolute atomic E-state index is 6.20. The number of hydrogen-bond donors (Lipinski definition) is 1. The number of benzene rings is 1. The molecule has 0 aromatic heterocycles. The molecular formula is C13H17NO3. The van der Waals surface area contributed by atoms with E-state index in [4.69, 9.17) is 19.9 Å². The van der Waals surface area contributed by atoms with E-state index < -0.39 is 0 Å². The third kappa shape index (κ3) is 1.98. The van der Waals surface area contributed by atoms with E-state index in [9.17, 15) is 0 Å². The third-order valence-electron chi connectivity index (χ3n) is 3.53. The lowest BCUT2D eigenvalue weighted by molar-refractivity contribution is -0.0170. The number of fused-ring (bicyclic) bond motifs is 1. The van der Waals surface area contributed by atoms with Crippen LogP contribution in [0.1, 0.15) is 24.0 Å². The quantitative estimate of drug-likeness (QED) is 0.864. The molecular weight excluding hydrogens is 218 g/mol. The minimum Gasteiger partial charge on any atom is -0.496 e. The summed E-state index contributed by atoms with van der Waals surface area (Å²) in [4.78, 5) is 0. The Hall–Kier alpha value is -1.26. The summed E-state index contributed by atoms with van der Waals surface area (Å²) < 4.78 is 16.3. The van der Waals surface area contributed by atoms with E-state index in [0.717, 1.165) is 41.9 Å². The van der Waals surface area contributed by atoms with Gasteiger partial charge in [0.05, 0.1) is 13.7 Å². The first-order chi connectivity index (χ1) is 8.22. The van der Waals surface area contributed by atoms with Crippen LogP contribution in [0.15, 0.2) is 12.1 Å². The molecule has 4 nitrogen and oxygen atoms in total. The minimum absolute atomic E-state index is 0.0418. The van der Waals surface area contributed by atoms with Crippen LogP contribution >= 0.6 is 0 Å². The Morgan fingerprint density at radius 2 is 2.24 bits per heavy atom. The minimum atomic E-state index is -0.0418. The molecule has 1 aromatic carbocycles. The average Bonchev–Trinajstić information content (AvgIpc) is 3.08. The lowest BCUT2D eigenvalue weighted by atomic mass is 9.97. The summed E-state index contributed by atoms with van der Waals surface area (Å²) in [6.45, 7) is 0.907. The van der Waals surface area contributed by atoms with Gasteiger partial charge in [0.15, 0.2) is 6.79 Å². The van der Waals surface area contributed by atoms with Gasteiger partial charge in [-0.05, 0) is 31.4 Å². The molecule has 0 saturated heterocycles. The fourth-order valence-corrected chi connectivity index (χ4v) is 2.27. The van der Waals surface area contributed by atoms with Gasteiger partial charge in [-0.15, -0.1) is 0 Å². The van der Waals surface area contributed by atoms with E-state index in [2.05, 4.69) is 0 Å². The molecule has 1 saturated carbocycles. The third-order valence-corrected chi connectivity index (χ3v) is 3.53. The van der Waals surface area contributed by atoms with Crippen molar-refractivity contribution < 1.29 is 14.2 Å². The summed E-state index contributed by atoms with van der Waals surface area (Å²) in [6.07, 6.45) is 3.01. The molecule has 2 aliphatic rings. The summed E-state index contributed by atoms with van der Waals surface area (Å²) >= 11 is 0. The number of rotatable bonds is 3. The number of nitrogens with two attached hydrogens (primary N) is 1. The van der Waals surface area contributed by atoms with Crippen molar-refractivity contribution in [3.8, 4) is 11.5 Å². The molecule has 0 amide bonds. The van der Waals surface area contributed by atoms with Gasteiger partial charge in [-0.1, -0.05) is 0 Å². The summed E-state index contributed by atoms with van der Waals surface area (Å²) in [5, 5.41) is 0. The van der Waals surface area contributed by atoms with Gasteiger partial charge in [0.2, 0.25) is 0 Å². The largest absolute Gasteiger partial charge is 0.496 e. The van der Waals surface area contributed by atoms with Crippen molar-refractivity contribution >= 4 is 0 Å². The topological polar surface area (TPSA) is 53.7 Å². The van der Waals surface area contributed by atoms with E-state index in [1.807, 2.05) is 12.1 Å². The second-order valence-corrected chi connectivity index (χ2v) is 4.87. The molecule has 0 atom stereocenters. The zero-order chi connectivity index (χ0) is 11.9. The maximum atomic E-state index is 6.20. The molecule has 0 unspecified atom stereocenters. The van der Waals surface area contributed by atoms with Crippen molar-refractivity contribution in [1.29, 1.82) is 0 Å². The van der Waals surface area contributed by atoms with Crippen LogP contribution in [-0.4, -0.2) is 19.4 Å². The molecule has 0 bridgehead atoms. The second kappa shape index (κ2) is 3.89. The molecule has 0 spiro atoms. The smallest absolute Gasteiger partial charge is 0.189 e. The Kier molecular flexibility index (Phi) is 2.49. The van der Waals surface area contributed by atoms with Crippen molar-refractivity contribution in [2.24, 2.45) is 5.73 Å². The van der Waals surface area contributed by atoms with Crippen LogP contribution in [0.25, 0.3) is 0 Å². The summed E-state index contributed by atoms with van der Waals surface area (Å²) in [5.41, 5.74) is 8.39. The fraction of sp³-hybridized carbons (Fsp3) is 0.538. The fourth-order valence-electron chi connectivity index (χ4n) is 2.27. The van der Waals surface area contributed by atoms with Gasteiger partial charge in [-0.3, -0.25) is 0 Å². The first-order valence-corrected chi connectivity index (χ1v) is 5.90. The molecule has 1 aromatic rings. The Morgan fingerprint density at radius 1 is 1.41 bits per heavy atom. The second-order valence-electron chi connectivity index (χ2n) is 4.87. The number of hydrogen-bond acceptors (Lipinski definition) is 4. The van der Waals surface area contributed by atoms with Crippen LogP contribution in [0.4, 0.5) is 0 Å². The lowest BCUT2D eigenvalue weighted by Gasteiger charge is -2.23. The predicted molar refractivity (Wildman–Crippen MR) is 63.1 cm³/mol. The zero-order valence-corrected chi connectivity index (χ0v) is 9.99. The molecule has 0 radical (unpaired) electrons. The van der Waals surface area contributed by atoms with Crippen molar-refractivity contribution in [1.82, 2.24) is 0 Å². The summed E-state index contributed by atoms with van der Waals surface area (Å²) in [5.74, 6) is 1.78. The number of methoxy groups -OCH3 is 1. The highest BCUT2D eigenvalue weighted by atomic mass is 16.7. The van der Waals surface area contributed by atoms with Gasteiger partial charge < -0.3 is 19.9 Å². The molecule has 1 fully saturated rings. The van der Waals surface area contributed by atoms with Crippen molar-refractivity contribution in [3.63, 3.8) is 0 Å². The molecule has 92 valence electrons. The van der Waals surface area contributed by atoms with Gasteiger partial charge in [-0.25, -0.2) is 0 Å². The first kappa shape index (κ1) is 10.9. The standard InChI is InChI=1S/C13H17NO3/c1-15-11-2-3-12-10(7-16-8-17-12)9(11)6-13(14)4-5-13/h2-3H,4-8,14H2,1H3. The Labute approximate surface area is 101 Å². The highest BCUT2D eigenvalue weighted by molar-refractivity contribution is 5.50.